The Morgan fingerprint density at radius 1 is 1.13 bits per heavy atom. The molecule has 2 amide bonds. The molecular formula is C21H33N3O5S. The number of hydrogen-bond donors (Lipinski definition) is 3. The summed E-state index contributed by atoms with van der Waals surface area (Å²) in [5.41, 5.74) is -0.436. The van der Waals surface area contributed by atoms with Crippen molar-refractivity contribution in [2.24, 2.45) is 11.8 Å². The average molecular weight is 440 g/mol. The quantitative estimate of drug-likeness (QED) is 0.559. The molecule has 1 fully saturated rings. The Labute approximate surface area is 181 Å². The number of carbonyl (C=O) groups is 3. The van der Waals surface area contributed by atoms with E-state index in [1.165, 1.54) is 11.3 Å². The Morgan fingerprint density at radius 3 is 2.50 bits per heavy atom. The number of carboxylic acid groups (broad SMARTS) is 1. The lowest BCUT2D eigenvalue weighted by molar-refractivity contribution is -0.125. The zero-order chi connectivity index (χ0) is 22.1. The Kier molecular flexibility index (Phi) is 9.08. The number of rotatable bonds is 7. The number of hydrogen-bond acceptors (Lipinski definition) is 6. The second-order valence-corrected chi connectivity index (χ2v) is 9.72. The van der Waals surface area contributed by atoms with Gasteiger partial charge in [-0.05, 0) is 46.0 Å². The van der Waals surface area contributed by atoms with Gasteiger partial charge in [0.05, 0.1) is 5.01 Å². The van der Waals surface area contributed by atoms with E-state index in [4.69, 9.17) is 9.84 Å². The molecule has 1 aromatic rings. The highest BCUT2D eigenvalue weighted by Gasteiger charge is 2.24. The molecule has 1 saturated carbocycles. The number of alkyl carbamates (subject to hydrolysis) is 1. The Bertz CT molecular complexity index is 728. The Hall–Kier alpha value is -2.16. The number of thiazole rings is 1. The predicted molar refractivity (Wildman–Crippen MR) is 115 cm³/mol. The van der Waals surface area contributed by atoms with Crippen LogP contribution in [-0.4, -0.2) is 46.8 Å². The topological polar surface area (TPSA) is 118 Å². The highest BCUT2D eigenvalue weighted by molar-refractivity contribution is 7.09. The number of nitrogens with one attached hydrogen (secondary N) is 2. The molecule has 0 saturated heterocycles. The molecule has 1 heterocycles. The molecule has 1 aliphatic carbocycles. The monoisotopic (exact) mass is 439 g/mol. The van der Waals surface area contributed by atoms with Crippen LogP contribution in [0, 0.1) is 11.8 Å². The second kappa shape index (κ2) is 11.3. The van der Waals surface area contributed by atoms with E-state index < -0.39 is 17.7 Å². The van der Waals surface area contributed by atoms with Gasteiger partial charge in [-0.3, -0.25) is 4.79 Å². The molecule has 1 aliphatic rings. The summed E-state index contributed by atoms with van der Waals surface area (Å²) in [5.74, 6) is -0.570. The molecule has 0 aromatic carbocycles. The summed E-state index contributed by atoms with van der Waals surface area (Å²) in [4.78, 5) is 39.4. The third-order valence-corrected chi connectivity index (χ3v) is 5.91. The fourth-order valence-electron chi connectivity index (χ4n) is 3.57. The molecule has 0 radical (unpaired) electrons. The molecule has 2 unspecified atom stereocenters. The lowest BCUT2D eigenvalue weighted by atomic mass is 9.83. The van der Waals surface area contributed by atoms with E-state index in [-0.39, 0.29) is 17.5 Å². The zero-order valence-electron chi connectivity index (χ0n) is 18.0. The molecule has 2 rings (SSSR count). The molecule has 0 aliphatic heterocycles. The van der Waals surface area contributed by atoms with Gasteiger partial charge < -0.3 is 20.5 Å². The largest absolute Gasteiger partial charge is 0.476 e. The van der Waals surface area contributed by atoms with Crippen molar-refractivity contribution in [3.05, 3.63) is 16.1 Å². The Morgan fingerprint density at radius 2 is 1.83 bits per heavy atom. The van der Waals surface area contributed by atoms with E-state index >= 15 is 0 Å². The molecule has 30 heavy (non-hydrogen) atoms. The van der Waals surface area contributed by atoms with E-state index in [2.05, 4.69) is 15.6 Å². The first kappa shape index (κ1) is 24.1. The van der Waals surface area contributed by atoms with Gasteiger partial charge in [-0.25, -0.2) is 14.6 Å². The average Bonchev–Trinajstić information content (AvgIpc) is 3.08. The van der Waals surface area contributed by atoms with Gasteiger partial charge >= 0.3 is 12.1 Å². The van der Waals surface area contributed by atoms with Crippen LogP contribution in [0.5, 0.6) is 0 Å². The lowest BCUT2D eigenvalue weighted by Crippen LogP contribution is -2.39. The van der Waals surface area contributed by atoms with Crippen molar-refractivity contribution in [1.29, 1.82) is 0 Å². The van der Waals surface area contributed by atoms with Crippen LogP contribution in [0.4, 0.5) is 4.79 Å². The smallest absolute Gasteiger partial charge is 0.407 e. The fraction of sp³-hybridized carbons (Fsp3) is 0.714. The number of nitrogens with zero attached hydrogens (tertiary/aromatic N) is 1. The summed E-state index contributed by atoms with van der Waals surface area (Å²) in [6.45, 7) is 6.10. The minimum absolute atomic E-state index is 0.0276. The first-order chi connectivity index (χ1) is 14.1. The Balaban J connectivity index is 1.73. The lowest BCUT2D eigenvalue weighted by Gasteiger charge is -2.24. The van der Waals surface area contributed by atoms with Gasteiger partial charge in [0, 0.05) is 30.8 Å². The summed E-state index contributed by atoms with van der Waals surface area (Å²) in [6.07, 6.45) is 6.04. The van der Waals surface area contributed by atoms with E-state index in [0.717, 1.165) is 50.0 Å². The molecule has 0 spiro atoms. The number of amides is 2. The number of aromatic nitrogens is 1. The van der Waals surface area contributed by atoms with Crippen molar-refractivity contribution in [2.75, 3.05) is 13.1 Å². The normalized spacial score (nSPS) is 20.0. The van der Waals surface area contributed by atoms with Crippen LogP contribution >= 0.6 is 11.3 Å². The first-order valence-electron chi connectivity index (χ1n) is 10.6. The minimum Gasteiger partial charge on any atom is -0.476 e. The molecule has 2 atom stereocenters. The van der Waals surface area contributed by atoms with Crippen molar-refractivity contribution in [1.82, 2.24) is 15.6 Å². The van der Waals surface area contributed by atoms with Crippen molar-refractivity contribution in [3.63, 3.8) is 0 Å². The summed E-state index contributed by atoms with van der Waals surface area (Å²) in [7, 11) is 0. The van der Waals surface area contributed by atoms with Crippen LogP contribution in [-0.2, 0) is 16.0 Å². The highest BCUT2D eigenvalue weighted by atomic mass is 32.1. The van der Waals surface area contributed by atoms with Gasteiger partial charge in [-0.1, -0.05) is 19.3 Å². The van der Waals surface area contributed by atoms with Gasteiger partial charge in [0.25, 0.3) is 0 Å². The van der Waals surface area contributed by atoms with Gasteiger partial charge in [0.2, 0.25) is 5.91 Å². The molecule has 8 nitrogen and oxygen atoms in total. The summed E-state index contributed by atoms with van der Waals surface area (Å²) >= 11 is 1.39. The summed E-state index contributed by atoms with van der Waals surface area (Å²) < 4.78 is 5.17. The molecule has 3 N–H and O–H groups in total. The molecule has 9 heteroatoms. The van der Waals surface area contributed by atoms with Gasteiger partial charge in [-0.2, -0.15) is 0 Å². The van der Waals surface area contributed by atoms with Crippen molar-refractivity contribution >= 4 is 29.3 Å². The number of carboxylic acids is 1. The number of ether oxygens (including phenoxy) is 1. The maximum absolute atomic E-state index is 12.5. The number of aromatic carboxylic acids is 1. The summed E-state index contributed by atoms with van der Waals surface area (Å²) in [6, 6.07) is 0. The SMILES string of the molecule is CC(C)(C)OC(=O)NCCNC(=O)C1CCCCC(Cc2nc(C(=O)O)cs2)CC1. The molecule has 0 bridgehead atoms. The third kappa shape index (κ3) is 8.69. The maximum Gasteiger partial charge on any atom is 0.407 e. The van der Waals surface area contributed by atoms with E-state index in [1.54, 1.807) is 26.2 Å². The van der Waals surface area contributed by atoms with Gasteiger partial charge in [-0.15, -0.1) is 11.3 Å². The molecular weight excluding hydrogens is 406 g/mol. The minimum atomic E-state index is -0.993. The van der Waals surface area contributed by atoms with Crippen LogP contribution in [0.2, 0.25) is 0 Å². The van der Waals surface area contributed by atoms with E-state index in [1.807, 2.05) is 0 Å². The van der Waals surface area contributed by atoms with Crippen LogP contribution in [0.1, 0.15) is 74.8 Å². The van der Waals surface area contributed by atoms with Gasteiger partial charge in [0.15, 0.2) is 5.69 Å². The van der Waals surface area contributed by atoms with Crippen LogP contribution in [0.3, 0.4) is 0 Å². The van der Waals surface area contributed by atoms with Crippen LogP contribution in [0.15, 0.2) is 5.38 Å². The van der Waals surface area contributed by atoms with Crippen LogP contribution in [0.25, 0.3) is 0 Å². The van der Waals surface area contributed by atoms with E-state index in [9.17, 15) is 14.4 Å². The summed E-state index contributed by atoms with van der Waals surface area (Å²) in [5, 5.41) is 17.0. The maximum atomic E-state index is 12.5. The highest BCUT2D eigenvalue weighted by Crippen LogP contribution is 2.29. The number of carbonyl (C=O) groups excluding carboxylic acids is 2. The van der Waals surface area contributed by atoms with Crippen molar-refractivity contribution in [3.8, 4) is 0 Å². The van der Waals surface area contributed by atoms with Gasteiger partial charge in [0.1, 0.15) is 5.60 Å². The van der Waals surface area contributed by atoms with Crippen molar-refractivity contribution < 1.29 is 24.2 Å². The first-order valence-corrected chi connectivity index (χ1v) is 11.4. The molecule has 1 aromatic heterocycles. The van der Waals surface area contributed by atoms with Crippen LogP contribution < -0.4 is 10.6 Å². The third-order valence-electron chi connectivity index (χ3n) is 5.04. The molecule has 168 valence electrons. The van der Waals surface area contributed by atoms with Crippen molar-refractivity contribution in [2.45, 2.75) is 71.3 Å². The second-order valence-electron chi connectivity index (χ2n) is 8.78. The van der Waals surface area contributed by atoms with E-state index in [0.29, 0.717) is 19.0 Å². The standard InChI is InChI=1S/C21H33N3O5S/c1-21(2,3)29-20(28)23-11-10-22-18(25)15-7-5-4-6-14(8-9-15)12-17-24-16(13-30-17)19(26)27/h13-15H,4-12H2,1-3H3,(H,22,25)(H,23,28)(H,26,27). The fourth-order valence-corrected chi connectivity index (χ4v) is 4.46. The zero-order valence-corrected chi connectivity index (χ0v) is 18.8. The predicted octanol–water partition coefficient (Wildman–Crippen LogP) is 3.61.